The van der Waals surface area contributed by atoms with Crippen LogP contribution in [0.4, 0.5) is 0 Å². The summed E-state index contributed by atoms with van der Waals surface area (Å²) < 4.78 is 4.35. The van der Waals surface area contributed by atoms with E-state index in [0.717, 1.165) is 7.11 Å². The summed E-state index contributed by atoms with van der Waals surface area (Å²) in [6, 6.07) is 0. The van der Waals surface area contributed by atoms with Crippen LogP contribution in [0.15, 0.2) is 25.4 Å². The summed E-state index contributed by atoms with van der Waals surface area (Å²) in [6.45, 7) is 0. The average Bonchev–Trinajstić information content (AvgIpc) is 2.64. The monoisotopic (exact) mass is 193 g/mol. The van der Waals surface area contributed by atoms with Crippen molar-refractivity contribution in [1.82, 2.24) is 0 Å². The Hall–Kier alpha value is -2.25. The molecule has 0 N–H and O–H groups in total. The summed E-state index contributed by atoms with van der Waals surface area (Å²) in [5.41, 5.74) is -0.0577. The van der Waals surface area contributed by atoms with Crippen molar-refractivity contribution in [1.29, 1.82) is 0 Å². The molecule has 2 heterocycles. The molecule has 8 nitrogen and oxygen atoms in total. The average molecular weight is 193 g/mol. The third kappa shape index (κ3) is 1.13. The Bertz CT molecular complexity index is 444. The van der Waals surface area contributed by atoms with E-state index in [9.17, 15) is 9.59 Å². The van der Waals surface area contributed by atoms with Crippen LogP contribution in [0.5, 0.6) is 0 Å². The number of hydrogen-bond donors (Lipinski definition) is 0. The van der Waals surface area contributed by atoms with Gasteiger partial charge in [-0.15, -0.1) is 10.2 Å². The lowest BCUT2D eigenvalue weighted by Crippen LogP contribution is -2.29. The minimum absolute atomic E-state index is 0.00889. The molecule has 2 rings (SSSR count). The molecule has 2 aliphatic heterocycles. The molecule has 0 aliphatic carbocycles. The van der Waals surface area contributed by atoms with Crippen molar-refractivity contribution in [3.8, 4) is 0 Å². The number of rotatable bonds is 1. The van der Waals surface area contributed by atoms with Crippen LogP contribution in [-0.4, -0.2) is 36.4 Å². The van der Waals surface area contributed by atoms with Gasteiger partial charge in [0.1, 0.15) is 0 Å². The van der Waals surface area contributed by atoms with Crippen LogP contribution in [0.1, 0.15) is 0 Å². The number of amidine groups is 2. The summed E-state index contributed by atoms with van der Waals surface area (Å²) in [6.07, 6.45) is 0. The van der Waals surface area contributed by atoms with Crippen LogP contribution in [0.25, 0.3) is 0 Å². The maximum absolute atomic E-state index is 11.2. The fourth-order valence-corrected chi connectivity index (χ4v) is 0.872. The second-order valence-corrected chi connectivity index (χ2v) is 2.31. The predicted octanol–water partition coefficient (Wildman–Crippen LogP) is -0.682. The molecule has 14 heavy (non-hydrogen) atoms. The largest absolute Gasteiger partial charge is 0.463 e. The van der Waals surface area contributed by atoms with Gasteiger partial charge < -0.3 is 4.74 Å². The molecular weight excluding hydrogens is 190 g/mol. The van der Waals surface area contributed by atoms with E-state index in [1.54, 1.807) is 0 Å². The summed E-state index contributed by atoms with van der Waals surface area (Å²) in [7, 11) is 1.16. The molecule has 0 bridgehead atoms. The van der Waals surface area contributed by atoms with Gasteiger partial charge in [-0.25, -0.2) is 4.79 Å². The maximum atomic E-state index is 11.2. The molecule has 70 valence electrons. The van der Waals surface area contributed by atoms with Crippen molar-refractivity contribution in [2.24, 2.45) is 25.4 Å². The standard InChI is InChI=1S/C6H3N5O3/c1-14-6(13)4-7-3-2(5(12)8-4)9-11-10-3/h1H3. The van der Waals surface area contributed by atoms with Gasteiger partial charge in [-0.05, 0) is 5.22 Å². The van der Waals surface area contributed by atoms with E-state index in [1.807, 2.05) is 0 Å². The minimum atomic E-state index is -0.799. The summed E-state index contributed by atoms with van der Waals surface area (Å²) in [5.74, 6) is -1.84. The van der Waals surface area contributed by atoms with Crippen molar-refractivity contribution in [3.63, 3.8) is 0 Å². The number of amides is 1. The van der Waals surface area contributed by atoms with Gasteiger partial charge >= 0.3 is 11.9 Å². The molecule has 0 atom stereocenters. The van der Waals surface area contributed by atoms with Gasteiger partial charge in [0.2, 0.25) is 17.4 Å². The van der Waals surface area contributed by atoms with Gasteiger partial charge in [0.15, 0.2) is 0 Å². The van der Waals surface area contributed by atoms with E-state index in [1.165, 1.54) is 0 Å². The fraction of sp³-hybridized carbons (Fsp3) is 0.167. The zero-order valence-corrected chi connectivity index (χ0v) is 6.96. The summed E-state index contributed by atoms with van der Waals surface area (Å²) in [4.78, 5) is 29.2. The van der Waals surface area contributed by atoms with Crippen molar-refractivity contribution < 1.29 is 14.3 Å². The van der Waals surface area contributed by atoms with Crippen molar-refractivity contribution in [2.45, 2.75) is 0 Å². The molecule has 0 radical (unpaired) electrons. The Morgan fingerprint density at radius 2 is 2.14 bits per heavy atom. The summed E-state index contributed by atoms with van der Waals surface area (Å²) >= 11 is 0. The second-order valence-electron chi connectivity index (χ2n) is 2.31. The zero-order valence-electron chi connectivity index (χ0n) is 6.96. The molecule has 0 spiro atoms. The van der Waals surface area contributed by atoms with E-state index >= 15 is 0 Å². The molecule has 0 saturated carbocycles. The van der Waals surface area contributed by atoms with E-state index in [4.69, 9.17) is 0 Å². The first-order chi connectivity index (χ1) is 6.72. The Labute approximate surface area is 77.1 Å². The lowest BCUT2D eigenvalue weighted by atomic mass is 10.3. The highest BCUT2D eigenvalue weighted by Crippen LogP contribution is 2.07. The SMILES string of the molecule is COC(=O)C1=NC(=O)C2=NN=NC2=N1. The normalized spacial score (nSPS) is 18.4. The number of carbonyl (C=O) groups is 2. The van der Waals surface area contributed by atoms with Crippen LogP contribution in [-0.2, 0) is 14.3 Å². The van der Waals surface area contributed by atoms with Gasteiger partial charge in [0.25, 0.3) is 0 Å². The topological polar surface area (TPSA) is 105 Å². The molecule has 0 aromatic heterocycles. The van der Waals surface area contributed by atoms with Crippen molar-refractivity contribution >= 4 is 29.3 Å². The molecule has 1 amide bonds. The number of hydrogen-bond acceptors (Lipinski definition) is 7. The van der Waals surface area contributed by atoms with Crippen molar-refractivity contribution in [2.75, 3.05) is 7.11 Å². The molecule has 2 aliphatic rings. The maximum Gasteiger partial charge on any atom is 0.376 e. The zero-order chi connectivity index (χ0) is 10.1. The molecule has 0 fully saturated rings. The highest BCUT2D eigenvalue weighted by Gasteiger charge is 2.30. The number of nitrogens with zero attached hydrogens (tertiary/aromatic N) is 5. The lowest BCUT2D eigenvalue weighted by Gasteiger charge is -2.03. The van der Waals surface area contributed by atoms with Gasteiger partial charge in [-0.3, -0.25) is 4.79 Å². The lowest BCUT2D eigenvalue weighted by molar-refractivity contribution is -0.133. The molecule has 8 heteroatoms. The molecule has 0 aromatic carbocycles. The molecule has 0 unspecified atom stereocenters. The van der Waals surface area contributed by atoms with E-state index in [2.05, 4.69) is 30.2 Å². The number of aliphatic imine (C=N–C) groups is 2. The third-order valence-corrected chi connectivity index (χ3v) is 1.49. The van der Waals surface area contributed by atoms with Gasteiger partial charge in [0.05, 0.1) is 7.11 Å². The first kappa shape index (κ1) is 8.35. The second kappa shape index (κ2) is 2.91. The smallest absolute Gasteiger partial charge is 0.376 e. The van der Waals surface area contributed by atoms with E-state index in [0.29, 0.717) is 0 Å². The van der Waals surface area contributed by atoms with Gasteiger partial charge in [-0.1, -0.05) is 0 Å². The van der Waals surface area contributed by atoms with Crippen LogP contribution in [0.3, 0.4) is 0 Å². The van der Waals surface area contributed by atoms with E-state index in [-0.39, 0.29) is 17.4 Å². The Balaban J connectivity index is 2.40. The van der Waals surface area contributed by atoms with Crippen LogP contribution < -0.4 is 0 Å². The summed E-state index contributed by atoms with van der Waals surface area (Å²) in [5, 5.41) is 10.1. The Kier molecular flexibility index (Phi) is 1.73. The number of esters is 1. The first-order valence-corrected chi connectivity index (χ1v) is 3.51. The van der Waals surface area contributed by atoms with E-state index < -0.39 is 11.9 Å². The fourth-order valence-electron chi connectivity index (χ4n) is 0.872. The van der Waals surface area contributed by atoms with Crippen molar-refractivity contribution in [3.05, 3.63) is 0 Å². The highest BCUT2D eigenvalue weighted by atomic mass is 16.5. The molecular formula is C6H3N5O3. The number of ether oxygens (including phenoxy) is 1. The molecule has 0 aromatic rings. The first-order valence-electron chi connectivity index (χ1n) is 3.51. The molecule has 0 saturated heterocycles. The third-order valence-electron chi connectivity index (χ3n) is 1.49. The van der Waals surface area contributed by atoms with Crippen LogP contribution >= 0.6 is 0 Å². The number of fused-ring (bicyclic) bond motifs is 1. The predicted molar refractivity (Wildman–Crippen MR) is 44.2 cm³/mol. The Morgan fingerprint density at radius 3 is 2.86 bits per heavy atom. The highest BCUT2D eigenvalue weighted by molar-refractivity contribution is 6.71. The number of methoxy groups -OCH3 is 1. The van der Waals surface area contributed by atoms with Crippen LogP contribution in [0, 0.1) is 0 Å². The number of carbonyl (C=O) groups excluding carboxylic acids is 2. The quantitative estimate of drug-likeness (QED) is 0.515. The minimum Gasteiger partial charge on any atom is -0.463 e. The van der Waals surface area contributed by atoms with Gasteiger partial charge in [-0.2, -0.15) is 9.98 Å². The Morgan fingerprint density at radius 1 is 1.36 bits per heavy atom. The van der Waals surface area contributed by atoms with Gasteiger partial charge in [0, 0.05) is 0 Å². The van der Waals surface area contributed by atoms with Crippen LogP contribution in [0.2, 0.25) is 0 Å².